The number of benzene rings is 1. The third-order valence-electron chi connectivity index (χ3n) is 3.48. The predicted octanol–water partition coefficient (Wildman–Crippen LogP) is 3.29. The number of ketones is 1. The van der Waals surface area contributed by atoms with Crippen LogP contribution in [0.25, 0.3) is 0 Å². The molecular formula is C14H13BrO2. The van der Waals surface area contributed by atoms with Gasteiger partial charge in [0.25, 0.3) is 0 Å². The van der Waals surface area contributed by atoms with Crippen LogP contribution in [0.1, 0.15) is 28.8 Å². The summed E-state index contributed by atoms with van der Waals surface area (Å²) in [5.41, 5.74) is 4.34. The number of hydrogen-bond acceptors (Lipinski definition) is 2. The highest BCUT2D eigenvalue weighted by molar-refractivity contribution is 9.10. The Morgan fingerprint density at radius 3 is 2.71 bits per heavy atom. The van der Waals surface area contributed by atoms with E-state index in [0.717, 1.165) is 53.6 Å². The van der Waals surface area contributed by atoms with Crippen LogP contribution in [0, 0.1) is 0 Å². The van der Waals surface area contributed by atoms with Crippen LogP contribution in [0.2, 0.25) is 0 Å². The third-order valence-corrected chi connectivity index (χ3v) is 3.97. The third kappa shape index (κ3) is 1.98. The standard InChI is InChI=1S/C14H13BrO2/c15-11-2-1-10-7-12(14(16)13(10)8-11)9-3-5-17-6-4-9/h1-2,8H,3-7H2. The van der Waals surface area contributed by atoms with Gasteiger partial charge in [-0.3, -0.25) is 4.79 Å². The molecule has 2 nitrogen and oxygen atoms in total. The number of hydrogen-bond donors (Lipinski definition) is 0. The van der Waals surface area contributed by atoms with Gasteiger partial charge in [0.1, 0.15) is 0 Å². The Kier molecular flexibility index (Phi) is 2.89. The zero-order chi connectivity index (χ0) is 11.8. The minimum absolute atomic E-state index is 0.221. The maximum Gasteiger partial charge on any atom is 0.189 e. The summed E-state index contributed by atoms with van der Waals surface area (Å²) in [6.45, 7) is 1.51. The molecule has 0 unspecified atom stereocenters. The second kappa shape index (κ2) is 4.39. The van der Waals surface area contributed by atoms with Crippen molar-refractivity contribution >= 4 is 21.7 Å². The molecule has 2 aliphatic rings. The predicted molar refractivity (Wildman–Crippen MR) is 69.3 cm³/mol. The van der Waals surface area contributed by atoms with E-state index in [2.05, 4.69) is 15.9 Å². The van der Waals surface area contributed by atoms with Gasteiger partial charge < -0.3 is 4.74 Å². The van der Waals surface area contributed by atoms with Crippen molar-refractivity contribution < 1.29 is 9.53 Å². The maximum absolute atomic E-state index is 12.3. The van der Waals surface area contributed by atoms with Crippen LogP contribution in [0.15, 0.2) is 33.8 Å². The highest BCUT2D eigenvalue weighted by Gasteiger charge is 2.27. The molecule has 0 radical (unpaired) electrons. The van der Waals surface area contributed by atoms with Gasteiger partial charge in [0.15, 0.2) is 5.78 Å². The first-order valence-electron chi connectivity index (χ1n) is 5.87. The van der Waals surface area contributed by atoms with Gasteiger partial charge in [-0.1, -0.05) is 27.6 Å². The van der Waals surface area contributed by atoms with Gasteiger partial charge in [0.2, 0.25) is 0 Å². The summed E-state index contributed by atoms with van der Waals surface area (Å²) >= 11 is 3.42. The van der Waals surface area contributed by atoms with Crippen molar-refractivity contribution in [3.8, 4) is 0 Å². The number of carbonyl (C=O) groups excluding carboxylic acids is 1. The summed E-state index contributed by atoms with van der Waals surface area (Å²) in [6.07, 6.45) is 2.63. The second-order valence-corrected chi connectivity index (χ2v) is 5.42. The van der Waals surface area contributed by atoms with E-state index >= 15 is 0 Å². The van der Waals surface area contributed by atoms with E-state index in [0.29, 0.717) is 0 Å². The Morgan fingerprint density at radius 1 is 1.18 bits per heavy atom. The fraction of sp³-hybridized carbons (Fsp3) is 0.357. The summed E-state index contributed by atoms with van der Waals surface area (Å²) in [5, 5.41) is 0. The van der Waals surface area contributed by atoms with E-state index in [1.807, 2.05) is 18.2 Å². The molecule has 3 rings (SSSR count). The van der Waals surface area contributed by atoms with Gasteiger partial charge in [-0.25, -0.2) is 0 Å². The number of Topliss-reactive ketones (excluding diaryl/α,β-unsaturated/α-hetero) is 1. The zero-order valence-electron chi connectivity index (χ0n) is 9.46. The van der Waals surface area contributed by atoms with E-state index in [1.54, 1.807) is 0 Å². The van der Waals surface area contributed by atoms with Crippen LogP contribution in [0.3, 0.4) is 0 Å². The Morgan fingerprint density at radius 2 is 1.94 bits per heavy atom. The molecule has 0 amide bonds. The van der Waals surface area contributed by atoms with E-state index in [-0.39, 0.29) is 5.78 Å². The molecule has 0 N–H and O–H groups in total. The Balaban J connectivity index is 2.01. The lowest BCUT2D eigenvalue weighted by Crippen LogP contribution is -2.11. The molecule has 88 valence electrons. The summed E-state index contributed by atoms with van der Waals surface area (Å²) in [4.78, 5) is 12.3. The van der Waals surface area contributed by atoms with Crippen molar-refractivity contribution in [1.82, 2.24) is 0 Å². The Labute approximate surface area is 109 Å². The first kappa shape index (κ1) is 11.2. The Bertz CT molecular complexity index is 509. The van der Waals surface area contributed by atoms with Crippen LogP contribution in [-0.2, 0) is 11.2 Å². The number of halogens is 1. The number of fused-ring (bicyclic) bond motifs is 1. The van der Waals surface area contributed by atoms with Gasteiger partial charge in [0.05, 0.1) is 13.2 Å². The summed E-state index contributed by atoms with van der Waals surface area (Å²) < 4.78 is 6.31. The lowest BCUT2D eigenvalue weighted by atomic mass is 9.98. The van der Waals surface area contributed by atoms with Crippen molar-refractivity contribution in [1.29, 1.82) is 0 Å². The van der Waals surface area contributed by atoms with Crippen LogP contribution >= 0.6 is 15.9 Å². The Hall–Kier alpha value is -0.930. The lowest BCUT2D eigenvalue weighted by molar-refractivity contribution is 0.102. The molecular weight excluding hydrogens is 280 g/mol. The van der Waals surface area contributed by atoms with Crippen molar-refractivity contribution in [2.75, 3.05) is 13.2 Å². The molecule has 0 saturated carbocycles. The summed E-state index contributed by atoms with van der Waals surface area (Å²) in [7, 11) is 0. The average Bonchev–Trinajstić information content (AvgIpc) is 2.68. The highest BCUT2D eigenvalue weighted by atomic mass is 79.9. The second-order valence-electron chi connectivity index (χ2n) is 4.50. The zero-order valence-corrected chi connectivity index (χ0v) is 11.0. The molecule has 1 aliphatic heterocycles. The van der Waals surface area contributed by atoms with Gasteiger partial charge >= 0.3 is 0 Å². The van der Waals surface area contributed by atoms with E-state index < -0.39 is 0 Å². The topological polar surface area (TPSA) is 26.3 Å². The molecule has 17 heavy (non-hydrogen) atoms. The molecule has 1 aromatic rings. The first-order chi connectivity index (χ1) is 8.25. The normalized spacial score (nSPS) is 19.7. The molecule has 1 aliphatic carbocycles. The van der Waals surface area contributed by atoms with Gasteiger partial charge in [-0.15, -0.1) is 0 Å². The minimum Gasteiger partial charge on any atom is -0.381 e. The summed E-state index contributed by atoms with van der Waals surface area (Å²) in [5.74, 6) is 0.221. The number of rotatable bonds is 0. The smallest absolute Gasteiger partial charge is 0.189 e. The van der Waals surface area contributed by atoms with Crippen LogP contribution in [-0.4, -0.2) is 19.0 Å². The summed E-state index contributed by atoms with van der Waals surface area (Å²) in [6, 6.07) is 5.98. The molecule has 1 saturated heterocycles. The molecule has 0 atom stereocenters. The number of ether oxygens (including phenoxy) is 1. The average molecular weight is 293 g/mol. The van der Waals surface area contributed by atoms with E-state index in [1.165, 1.54) is 5.57 Å². The fourth-order valence-corrected chi connectivity index (χ4v) is 2.91. The first-order valence-corrected chi connectivity index (χ1v) is 6.67. The number of carbonyl (C=O) groups is 1. The fourth-order valence-electron chi connectivity index (χ4n) is 2.55. The van der Waals surface area contributed by atoms with Crippen molar-refractivity contribution in [3.05, 3.63) is 44.9 Å². The molecule has 0 aromatic heterocycles. The quantitative estimate of drug-likeness (QED) is 0.686. The molecule has 0 bridgehead atoms. The number of allylic oxidation sites excluding steroid dienone is 1. The molecule has 3 heteroatoms. The van der Waals surface area contributed by atoms with Gasteiger partial charge in [0, 0.05) is 22.0 Å². The molecule has 1 aromatic carbocycles. The highest BCUT2D eigenvalue weighted by Crippen LogP contribution is 2.33. The largest absolute Gasteiger partial charge is 0.381 e. The maximum atomic E-state index is 12.3. The van der Waals surface area contributed by atoms with Crippen molar-refractivity contribution in [2.45, 2.75) is 19.3 Å². The monoisotopic (exact) mass is 292 g/mol. The minimum atomic E-state index is 0.221. The molecule has 1 heterocycles. The van der Waals surface area contributed by atoms with E-state index in [4.69, 9.17) is 4.74 Å². The van der Waals surface area contributed by atoms with Gasteiger partial charge in [-0.05, 0) is 30.5 Å². The van der Waals surface area contributed by atoms with E-state index in [9.17, 15) is 4.79 Å². The van der Waals surface area contributed by atoms with Gasteiger partial charge in [-0.2, -0.15) is 0 Å². The SMILES string of the molecule is O=C1C(=C2CCOCC2)Cc2ccc(Br)cc21. The van der Waals surface area contributed by atoms with Crippen molar-refractivity contribution in [3.63, 3.8) is 0 Å². The molecule has 1 fully saturated rings. The van der Waals surface area contributed by atoms with Crippen LogP contribution in [0.4, 0.5) is 0 Å². The van der Waals surface area contributed by atoms with Crippen molar-refractivity contribution in [2.24, 2.45) is 0 Å². The van der Waals surface area contributed by atoms with Crippen LogP contribution in [0.5, 0.6) is 0 Å². The van der Waals surface area contributed by atoms with Crippen LogP contribution < -0.4 is 0 Å². The molecule has 0 spiro atoms. The lowest BCUT2D eigenvalue weighted by Gasteiger charge is -2.16.